The number of ether oxygens (including phenoxy) is 1. The molecule has 0 radical (unpaired) electrons. The molecule has 8 heteroatoms. The predicted octanol–water partition coefficient (Wildman–Crippen LogP) is 2.57. The number of hydrogen-bond acceptors (Lipinski definition) is 5. The highest BCUT2D eigenvalue weighted by atomic mass is 32.2. The van der Waals surface area contributed by atoms with E-state index in [9.17, 15) is 13.2 Å². The molecule has 2 aromatic carbocycles. The number of nitrogens with zero attached hydrogens (tertiary/aromatic N) is 1. The second-order valence-electron chi connectivity index (χ2n) is 5.48. The first-order valence-corrected chi connectivity index (χ1v) is 9.40. The Labute approximate surface area is 150 Å². The summed E-state index contributed by atoms with van der Waals surface area (Å²) in [5.41, 5.74) is 2.74. The first-order valence-electron chi connectivity index (χ1n) is 7.86. The van der Waals surface area contributed by atoms with E-state index in [2.05, 4.69) is 10.2 Å². The molecule has 26 heavy (non-hydrogen) atoms. The van der Waals surface area contributed by atoms with E-state index in [1.165, 1.54) is 12.1 Å². The molecule has 0 aliphatic rings. The number of sulfonamides is 1. The highest BCUT2D eigenvalue weighted by Crippen LogP contribution is 2.34. The Morgan fingerprint density at radius 3 is 2.31 bits per heavy atom. The van der Waals surface area contributed by atoms with E-state index in [0.29, 0.717) is 16.8 Å². The topological polar surface area (TPSA) is 115 Å². The number of hydrogen-bond donors (Lipinski definition) is 2. The van der Waals surface area contributed by atoms with Crippen molar-refractivity contribution in [1.82, 2.24) is 10.2 Å². The monoisotopic (exact) mass is 371 g/mol. The first kappa shape index (κ1) is 17.8. The van der Waals surface area contributed by atoms with E-state index in [4.69, 9.17) is 9.88 Å². The lowest BCUT2D eigenvalue weighted by atomic mass is 9.99. The van der Waals surface area contributed by atoms with E-state index in [1.807, 2.05) is 30.3 Å². The number of carbonyl (C=O) groups excluding carboxylic acids is 1. The second-order valence-corrected chi connectivity index (χ2v) is 7.04. The van der Waals surface area contributed by atoms with Gasteiger partial charge in [0.25, 0.3) is 0 Å². The number of primary sulfonamides is 1. The molecular formula is C18H17N3O4S. The van der Waals surface area contributed by atoms with Gasteiger partial charge in [-0.2, -0.15) is 5.10 Å². The molecule has 0 saturated carbocycles. The van der Waals surface area contributed by atoms with Crippen molar-refractivity contribution in [3.05, 3.63) is 60.3 Å². The minimum absolute atomic E-state index is 0.0105. The van der Waals surface area contributed by atoms with Crippen LogP contribution < -0.4 is 5.14 Å². The lowest BCUT2D eigenvalue weighted by Crippen LogP contribution is -2.11. The summed E-state index contributed by atoms with van der Waals surface area (Å²) >= 11 is 0. The Kier molecular flexibility index (Phi) is 4.88. The van der Waals surface area contributed by atoms with E-state index in [0.717, 1.165) is 5.56 Å². The highest BCUT2D eigenvalue weighted by Gasteiger charge is 2.23. The number of nitrogens with two attached hydrogens (primary N) is 1. The average molecular weight is 371 g/mol. The van der Waals surface area contributed by atoms with Gasteiger partial charge in [-0.1, -0.05) is 42.5 Å². The molecule has 1 heterocycles. The number of aromatic nitrogens is 2. The number of rotatable bonds is 5. The Hall–Kier alpha value is -2.97. The van der Waals surface area contributed by atoms with Crippen molar-refractivity contribution in [2.24, 2.45) is 5.14 Å². The van der Waals surface area contributed by atoms with E-state index in [-0.39, 0.29) is 17.2 Å². The summed E-state index contributed by atoms with van der Waals surface area (Å²) in [6.45, 7) is 1.94. The van der Waals surface area contributed by atoms with Gasteiger partial charge in [0, 0.05) is 11.1 Å². The van der Waals surface area contributed by atoms with Crippen LogP contribution in [0.4, 0.5) is 0 Å². The number of carbonyl (C=O) groups is 1. The van der Waals surface area contributed by atoms with Crippen LogP contribution >= 0.6 is 0 Å². The van der Waals surface area contributed by atoms with Gasteiger partial charge in [0.15, 0.2) is 5.69 Å². The number of benzene rings is 2. The van der Waals surface area contributed by atoms with Gasteiger partial charge in [-0.15, -0.1) is 0 Å². The number of nitrogens with one attached hydrogen (secondary N) is 1. The maximum Gasteiger partial charge on any atom is 0.357 e. The van der Waals surface area contributed by atoms with Crippen LogP contribution in [0.2, 0.25) is 0 Å². The summed E-state index contributed by atoms with van der Waals surface area (Å²) in [5.74, 6) is -0.535. The van der Waals surface area contributed by atoms with Crippen molar-refractivity contribution in [3.8, 4) is 22.4 Å². The number of esters is 1. The normalized spacial score (nSPS) is 11.3. The molecule has 0 atom stereocenters. The highest BCUT2D eigenvalue weighted by molar-refractivity contribution is 7.89. The fourth-order valence-corrected chi connectivity index (χ4v) is 3.11. The minimum atomic E-state index is -3.80. The van der Waals surface area contributed by atoms with Crippen molar-refractivity contribution in [3.63, 3.8) is 0 Å². The average Bonchev–Trinajstić information content (AvgIpc) is 3.07. The zero-order valence-corrected chi connectivity index (χ0v) is 14.8. The molecule has 0 bridgehead atoms. The molecule has 3 aromatic rings. The summed E-state index contributed by atoms with van der Waals surface area (Å²) in [6.07, 6.45) is 0. The fraction of sp³-hybridized carbons (Fsp3) is 0.111. The molecule has 0 aliphatic heterocycles. The maximum atomic E-state index is 12.3. The van der Waals surface area contributed by atoms with Crippen LogP contribution in [0.5, 0.6) is 0 Å². The van der Waals surface area contributed by atoms with Gasteiger partial charge in [-0.3, -0.25) is 5.10 Å². The third kappa shape index (κ3) is 3.51. The number of H-pyrrole nitrogens is 1. The van der Waals surface area contributed by atoms with Crippen LogP contribution in [0.3, 0.4) is 0 Å². The molecule has 0 fully saturated rings. The molecule has 0 aliphatic carbocycles. The van der Waals surface area contributed by atoms with Crippen LogP contribution in [0.25, 0.3) is 22.4 Å². The summed E-state index contributed by atoms with van der Waals surface area (Å²) in [6, 6.07) is 15.3. The molecule has 3 N–H and O–H groups in total. The molecule has 0 unspecified atom stereocenters. The first-order chi connectivity index (χ1) is 12.4. The molecule has 0 saturated heterocycles. The van der Waals surface area contributed by atoms with Gasteiger partial charge in [0.05, 0.1) is 11.5 Å². The van der Waals surface area contributed by atoms with Crippen molar-refractivity contribution in [1.29, 1.82) is 0 Å². The van der Waals surface area contributed by atoms with E-state index < -0.39 is 16.0 Å². The van der Waals surface area contributed by atoms with Gasteiger partial charge in [0.1, 0.15) is 5.69 Å². The van der Waals surface area contributed by atoms with Crippen molar-refractivity contribution >= 4 is 16.0 Å². The van der Waals surface area contributed by atoms with Crippen LogP contribution in [-0.2, 0) is 14.8 Å². The van der Waals surface area contributed by atoms with Gasteiger partial charge in [0.2, 0.25) is 10.0 Å². The lowest BCUT2D eigenvalue weighted by Gasteiger charge is -2.07. The zero-order valence-electron chi connectivity index (χ0n) is 14.0. The fourth-order valence-electron chi connectivity index (χ4n) is 2.59. The van der Waals surface area contributed by atoms with Crippen LogP contribution in [0.1, 0.15) is 17.4 Å². The van der Waals surface area contributed by atoms with Crippen LogP contribution in [0.15, 0.2) is 59.5 Å². The Balaban J connectivity index is 2.17. The minimum Gasteiger partial charge on any atom is -0.461 e. The maximum absolute atomic E-state index is 12.3. The Morgan fingerprint density at radius 1 is 1.08 bits per heavy atom. The molecule has 0 amide bonds. The standard InChI is InChI=1S/C18H17N3O4S/c1-2-25-18(22)17-15(12-8-10-14(11-9-12)26(19,23)24)16(20-21-17)13-6-4-3-5-7-13/h3-11H,2H2,1H3,(H,20,21)(H2,19,23,24). The van der Waals surface area contributed by atoms with E-state index in [1.54, 1.807) is 19.1 Å². The van der Waals surface area contributed by atoms with Gasteiger partial charge in [-0.05, 0) is 24.6 Å². The van der Waals surface area contributed by atoms with Crippen molar-refractivity contribution in [2.75, 3.05) is 6.61 Å². The van der Waals surface area contributed by atoms with Gasteiger partial charge >= 0.3 is 5.97 Å². The molecular weight excluding hydrogens is 354 g/mol. The third-order valence-electron chi connectivity index (χ3n) is 3.76. The molecule has 0 spiro atoms. The number of aromatic amines is 1. The van der Waals surface area contributed by atoms with Crippen molar-refractivity contribution < 1.29 is 17.9 Å². The quantitative estimate of drug-likeness (QED) is 0.669. The molecule has 134 valence electrons. The molecule has 3 rings (SSSR count). The largest absolute Gasteiger partial charge is 0.461 e. The summed E-state index contributed by atoms with van der Waals surface area (Å²) in [7, 11) is -3.80. The Bertz CT molecular complexity index is 1030. The summed E-state index contributed by atoms with van der Waals surface area (Å²) < 4.78 is 28.0. The summed E-state index contributed by atoms with van der Waals surface area (Å²) in [5, 5.41) is 12.1. The molecule has 1 aromatic heterocycles. The SMILES string of the molecule is CCOC(=O)c1[nH]nc(-c2ccccc2)c1-c1ccc(S(N)(=O)=O)cc1. The van der Waals surface area contributed by atoms with Gasteiger partial charge < -0.3 is 4.74 Å². The van der Waals surface area contributed by atoms with E-state index >= 15 is 0 Å². The third-order valence-corrected chi connectivity index (χ3v) is 4.69. The zero-order chi connectivity index (χ0) is 18.7. The second kappa shape index (κ2) is 7.11. The Morgan fingerprint density at radius 2 is 1.73 bits per heavy atom. The van der Waals surface area contributed by atoms with Gasteiger partial charge in [-0.25, -0.2) is 18.4 Å². The van der Waals surface area contributed by atoms with Crippen LogP contribution in [0, 0.1) is 0 Å². The molecule has 7 nitrogen and oxygen atoms in total. The van der Waals surface area contributed by atoms with Crippen molar-refractivity contribution in [2.45, 2.75) is 11.8 Å². The smallest absolute Gasteiger partial charge is 0.357 e. The van der Waals surface area contributed by atoms with Crippen LogP contribution in [-0.4, -0.2) is 31.2 Å². The predicted molar refractivity (Wildman–Crippen MR) is 96.8 cm³/mol. The lowest BCUT2D eigenvalue weighted by molar-refractivity contribution is 0.0520. The summed E-state index contributed by atoms with van der Waals surface area (Å²) in [4.78, 5) is 12.3.